The smallest absolute Gasteiger partial charge is 0.0393 e. The summed E-state index contributed by atoms with van der Waals surface area (Å²) in [6, 6.07) is 16.3. The molecule has 1 nitrogen and oxygen atoms in total. The van der Waals surface area contributed by atoms with Crippen LogP contribution in [0.5, 0.6) is 0 Å². The van der Waals surface area contributed by atoms with E-state index in [1.54, 1.807) is 0 Å². The van der Waals surface area contributed by atoms with Gasteiger partial charge in [0.25, 0.3) is 0 Å². The SMILES string of the molecule is CC.CC.Cc1ccc(N)c(-c2ccccc2)c1. The highest BCUT2D eigenvalue weighted by Gasteiger charge is 2.00. The summed E-state index contributed by atoms with van der Waals surface area (Å²) in [5.74, 6) is 0. The predicted octanol–water partition coefficient (Wildman–Crippen LogP) is 5.30. The summed E-state index contributed by atoms with van der Waals surface area (Å²) in [5.41, 5.74) is 10.3. The first-order valence-corrected chi connectivity index (χ1v) is 6.69. The lowest BCUT2D eigenvalue weighted by atomic mass is 10.0. The Hall–Kier alpha value is -1.76. The Morgan fingerprint density at radius 3 is 1.89 bits per heavy atom. The van der Waals surface area contributed by atoms with Crippen LogP contribution >= 0.6 is 0 Å². The summed E-state index contributed by atoms with van der Waals surface area (Å²) in [4.78, 5) is 0. The van der Waals surface area contributed by atoms with Crippen molar-refractivity contribution < 1.29 is 0 Å². The van der Waals surface area contributed by atoms with E-state index in [4.69, 9.17) is 5.73 Å². The first kappa shape index (κ1) is 16.2. The highest BCUT2D eigenvalue weighted by Crippen LogP contribution is 2.26. The number of nitrogen functional groups attached to an aromatic ring is 1. The molecule has 0 saturated heterocycles. The Kier molecular flexibility index (Phi) is 8.38. The molecule has 2 aromatic rings. The number of aryl methyl sites for hydroxylation is 1. The van der Waals surface area contributed by atoms with Gasteiger partial charge in [-0.1, -0.05) is 69.7 Å². The van der Waals surface area contributed by atoms with Gasteiger partial charge in [0.15, 0.2) is 0 Å². The third kappa shape index (κ3) is 4.62. The highest BCUT2D eigenvalue weighted by atomic mass is 14.6. The molecule has 0 atom stereocenters. The molecule has 0 aliphatic heterocycles. The molecule has 98 valence electrons. The van der Waals surface area contributed by atoms with E-state index in [1.807, 2.05) is 58.0 Å². The third-order valence-electron chi connectivity index (χ3n) is 2.29. The minimum Gasteiger partial charge on any atom is -0.398 e. The van der Waals surface area contributed by atoms with Crippen molar-refractivity contribution in [2.24, 2.45) is 0 Å². The molecule has 0 radical (unpaired) electrons. The van der Waals surface area contributed by atoms with E-state index >= 15 is 0 Å². The van der Waals surface area contributed by atoms with Crippen LogP contribution in [0.2, 0.25) is 0 Å². The van der Waals surface area contributed by atoms with Crippen LogP contribution in [0.15, 0.2) is 48.5 Å². The number of benzene rings is 2. The van der Waals surface area contributed by atoms with Crippen LogP contribution < -0.4 is 5.73 Å². The van der Waals surface area contributed by atoms with Gasteiger partial charge in [-0.3, -0.25) is 0 Å². The molecule has 0 bridgehead atoms. The van der Waals surface area contributed by atoms with Crippen molar-refractivity contribution >= 4 is 5.69 Å². The highest BCUT2D eigenvalue weighted by molar-refractivity contribution is 5.76. The van der Waals surface area contributed by atoms with Gasteiger partial charge >= 0.3 is 0 Å². The van der Waals surface area contributed by atoms with Crippen LogP contribution in [0, 0.1) is 6.92 Å². The van der Waals surface area contributed by atoms with Crippen molar-refractivity contribution in [3.05, 3.63) is 54.1 Å². The molecular formula is C17H25N. The van der Waals surface area contributed by atoms with Crippen molar-refractivity contribution in [3.63, 3.8) is 0 Å². The zero-order valence-electron chi connectivity index (χ0n) is 12.2. The molecular weight excluding hydrogens is 218 g/mol. The summed E-state index contributed by atoms with van der Waals surface area (Å²) in [5, 5.41) is 0. The van der Waals surface area contributed by atoms with Gasteiger partial charge in [-0.2, -0.15) is 0 Å². The van der Waals surface area contributed by atoms with Crippen molar-refractivity contribution in [1.82, 2.24) is 0 Å². The average molecular weight is 243 g/mol. The van der Waals surface area contributed by atoms with Crippen molar-refractivity contribution in [2.75, 3.05) is 5.73 Å². The zero-order chi connectivity index (χ0) is 14.0. The molecule has 0 unspecified atom stereocenters. The molecule has 2 rings (SSSR count). The Balaban J connectivity index is 0.000000659. The molecule has 0 aromatic heterocycles. The second kappa shape index (κ2) is 9.29. The molecule has 0 spiro atoms. The van der Waals surface area contributed by atoms with Crippen LogP contribution in [-0.2, 0) is 0 Å². The fourth-order valence-electron chi connectivity index (χ4n) is 1.54. The lowest BCUT2D eigenvalue weighted by molar-refractivity contribution is 1.47. The normalized spacial score (nSPS) is 8.50. The van der Waals surface area contributed by atoms with Gasteiger partial charge in [-0.15, -0.1) is 0 Å². The van der Waals surface area contributed by atoms with Crippen molar-refractivity contribution in [3.8, 4) is 11.1 Å². The topological polar surface area (TPSA) is 26.0 Å². The second-order valence-corrected chi connectivity index (χ2v) is 3.46. The number of anilines is 1. The average Bonchev–Trinajstić information content (AvgIpc) is 2.47. The number of nitrogens with two attached hydrogens (primary N) is 1. The Labute approximate surface area is 112 Å². The number of rotatable bonds is 1. The largest absolute Gasteiger partial charge is 0.398 e. The maximum absolute atomic E-state index is 5.92. The van der Waals surface area contributed by atoms with Gasteiger partial charge in [0.2, 0.25) is 0 Å². The molecule has 0 heterocycles. The Morgan fingerprint density at radius 2 is 1.33 bits per heavy atom. The molecule has 2 aromatic carbocycles. The fourth-order valence-corrected chi connectivity index (χ4v) is 1.54. The summed E-state index contributed by atoms with van der Waals surface area (Å²) in [7, 11) is 0. The fraction of sp³-hybridized carbons (Fsp3) is 0.294. The predicted molar refractivity (Wildman–Crippen MR) is 83.7 cm³/mol. The minimum atomic E-state index is 0.835. The standard InChI is InChI=1S/C13H13N.2C2H6/c1-10-7-8-13(14)12(9-10)11-5-3-2-4-6-11;2*1-2/h2-9H,14H2,1H3;2*1-2H3. The molecule has 18 heavy (non-hydrogen) atoms. The molecule has 0 amide bonds. The molecule has 0 aliphatic rings. The van der Waals surface area contributed by atoms with Crippen LogP contribution in [0.4, 0.5) is 5.69 Å². The lowest BCUT2D eigenvalue weighted by Crippen LogP contribution is -1.90. The first-order valence-electron chi connectivity index (χ1n) is 6.69. The monoisotopic (exact) mass is 243 g/mol. The maximum atomic E-state index is 5.92. The number of hydrogen-bond donors (Lipinski definition) is 1. The Bertz CT molecular complexity index is 433. The molecule has 0 fully saturated rings. The van der Waals surface area contributed by atoms with E-state index in [0.29, 0.717) is 0 Å². The summed E-state index contributed by atoms with van der Waals surface area (Å²) >= 11 is 0. The zero-order valence-corrected chi connectivity index (χ0v) is 12.2. The molecule has 0 saturated carbocycles. The summed E-state index contributed by atoms with van der Waals surface area (Å²) < 4.78 is 0. The van der Waals surface area contributed by atoms with Crippen molar-refractivity contribution in [2.45, 2.75) is 34.6 Å². The molecule has 1 heteroatoms. The molecule has 2 N–H and O–H groups in total. The van der Waals surface area contributed by atoms with Crippen LogP contribution in [0.1, 0.15) is 33.3 Å². The van der Waals surface area contributed by atoms with E-state index in [9.17, 15) is 0 Å². The van der Waals surface area contributed by atoms with Crippen molar-refractivity contribution in [1.29, 1.82) is 0 Å². The minimum absolute atomic E-state index is 0.835. The van der Waals surface area contributed by atoms with Gasteiger partial charge in [-0.05, 0) is 24.6 Å². The van der Waals surface area contributed by atoms with Crippen LogP contribution in [-0.4, -0.2) is 0 Å². The number of hydrogen-bond acceptors (Lipinski definition) is 1. The van der Waals surface area contributed by atoms with E-state index in [-0.39, 0.29) is 0 Å². The maximum Gasteiger partial charge on any atom is 0.0393 e. The molecule has 0 aliphatic carbocycles. The van der Waals surface area contributed by atoms with Gasteiger partial charge in [0.05, 0.1) is 0 Å². The third-order valence-corrected chi connectivity index (χ3v) is 2.29. The summed E-state index contributed by atoms with van der Waals surface area (Å²) in [6.45, 7) is 10.1. The van der Waals surface area contributed by atoms with Crippen LogP contribution in [0.25, 0.3) is 11.1 Å². The van der Waals surface area contributed by atoms with Gasteiger partial charge < -0.3 is 5.73 Å². The van der Waals surface area contributed by atoms with Crippen LogP contribution in [0.3, 0.4) is 0 Å². The quantitative estimate of drug-likeness (QED) is 0.676. The lowest BCUT2D eigenvalue weighted by Gasteiger charge is -2.06. The van der Waals surface area contributed by atoms with Gasteiger partial charge in [-0.25, -0.2) is 0 Å². The van der Waals surface area contributed by atoms with E-state index in [1.165, 1.54) is 11.1 Å². The second-order valence-electron chi connectivity index (χ2n) is 3.46. The van der Waals surface area contributed by atoms with E-state index in [0.717, 1.165) is 11.3 Å². The summed E-state index contributed by atoms with van der Waals surface area (Å²) in [6.07, 6.45) is 0. The Morgan fingerprint density at radius 1 is 0.778 bits per heavy atom. The van der Waals surface area contributed by atoms with Gasteiger partial charge in [0.1, 0.15) is 0 Å². The van der Waals surface area contributed by atoms with Gasteiger partial charge in [0, 0.05) is 11.3 Å². The van der Waals surface area contributed by atoms with E-state index in [2.05, 4.69) is 25.1 Å². The van der Waals surface area contributed by atoms with E-state index < -0.39 is 0 Å². The first-order chi connectivity index (χ1) is 8.77.